The topological polar surface area (TPSA) is 44.9 Å². The molecular weight excluding hydrogens is 328 g/mol. The van der Waals surface area contributed by atoms with Crippen molar-refractivity contribution in [2.24, 2.45) is 0 Å². The number of H-pyrrole nitrogens is 1. The lowest BCUT2D eigenvalue weighted by Gasteiger charge is -2.24. The fourth-order valence-electron chi connectivity index (χ4n) is 3.05. The summed E-state index contributed by atoms with van der Waals surface area (Å²) in [6, 6.07) is 11.2. The normalized spacial score (nSPS) is 17.4. The molecule has 0 amide bonds. The van der Waals surface area contributed by atoms with E-state index < -0.39 is 0 Å². The van der Waals surface area contributed by atoms with Crippen molar-refractivity contribution in [3.63, 3.8) is 0 Å². The van der Waals surface area contributed by atoms with Gasteiger partial charge < -0.3 is 10.3 Å². The molecule has 2 heterocycles. The Kier molecular flexibility index (Phi) is 6.63. The third-order valence-corrected chi connectivity index (χ3v) is 5.29. The minimum Gasteiger partial charge on any atom is -0.317 e. The number of hydrogen-bond acceptors (Lipinski definition) is 3. The number of nitrogens with one attached hydrogen (secondary N) is 2. The van der Waals surface area contributed by atoms with Gasteiger partial charge in [-0.2, -0.15) is 0 Å². The minimum absolute atomic E-state index is 0. The van der Waals surface area contributed by atoms with Gasteiger partial charge in [-0.3, -0.25) is 4.79 Å². The second-order valence-corrected chi connectivity index (χ2v) is 6.93. The first-order chi connectivity index (χ1) is 10.7. The van der Waals surface area contributed by atoms with Crippen LogP contribution in [0, 0.1) is 6.92 Å². The Labute approximate surface area is 147 Å². The van der Waals surface area contributed by atoms with Crippen LogP contribution in [0.1, 0.15) is 35.4 Å². The molecule has 1 aromatic heterocycles. The molecule has 0 aliphatic carbocycles. The predicted molar refractivity (Wildman–Crippen MR) is 101 cm³/mol. The van der Waals surface area contributed by atoms with Gasteiger partial charge in [0.25, 0.3) is 0 Å². The first-order valence-corrected chi connectivity index (χ1v) is 8.70. The molecule has 124 valence electrons. The maximum Gasteiger partial charge on any atom is 0.304 e. The molecule has 23 heavy (non-hydrogen) atoms. The molecular formula is C18H23ClN2OS. The summed E-state index contributed by atoms with van der Waals surface area (Å²) in [5, 5.41) is 3.58. The molecule has 5 heteroatoms. The van der Waals surface area contributed by atoms with Gasteiger partial charge in [-0.05, 0) is 43.7 Å². The highest BCUT2D eigenvalue weighted by atomic mass is 35.5. The third-order valence-electron chi connectivity index (χ3n) is 4.25. The Hall–Kier alpha value is -1.36. The van der Waals surface area contributed by atoms with E-state index in [1.807, 2.05) is 6.92 Å². The number of aromatic amines is 1. The number of thiazole rings is 1. The number of aromatic nitrogens is 1. The summed E-state index contributed by atoms with van der Waals surface area (Å²) in [6.45, 7) is 2.94. The van der Waals surface area contributed by atoms with Crippen LogP contribution in [0.5, 0.6) is 0 Å². The van der Waals surface area contributed by atoms with Crippen molar-refractivity contribution >= 4 is 29.3 Å². The van der Waals surface area contributed by atoms with Crippen molar-refractivity contribution in [2.45, 2.75) is 38.6 Å². The minimum atomic E-state index is 0. The number of halogens is 1. The van der Waals surface area contributed by atoms with Crippen LogP contribution in [-0.4, -0.2) is 17.6 Å². The van der Waals surface area contributed by atoms with Gasteiger partial charge in [-0.1, -0.05) is 47.7 Å². The molecule has 0 saturated heterocycles. The van der Waals surface area contributed by atoms with Gasteiger partial charge >= 0.3 is 4.87 Å². The molecule has 2 N–H and O–H groups in total. The zero-order chi connectivity index (χ0) is 15.4. The molecule has 1 aromatic carbocycles. The predicted octanol–water partition coefficient (Wildman–Crippen LogP) is 3.93. The lowest BCUT2D eigenvalue weighted by Crippen LogP contribution is -2.32. The van der Waals surface area contributed by atoms with E-state index in [-0.39, 0.29) is 17.3 Å². The van der Waals surface area contributed by atoms with E-state index in [4.69, 9.17) is 0 Å². The molecule has 0 saturated carbocycles. The van der Waals surface area contributed by atoms with Crippen LogP contribution >= 0.6 is 23.7 Å². The van der Waals surface area contributed by atoms with E-state index in [0.717, 1.165) is 37.9 Å². The average molecular weight is 351 g/mol. The van der Waals surface area contributed by atoms with Crippen LogP contribution in [0.3, 0.4) is 0 Å². The highest BCUT2D eigenvalue weighted by Crippen LogP contribution is 2.24. The summed E-state index contributed by atoms with van der Waals surface area (Å²) < 4.78 is 0. The summed E-state index contributed by atoms with van der Waals surface area (Å²) in [6.07, 6.45) is 6.65. The van der Waals surface area contributed by atoms with Crippen molar-refractivity contribution in [2.75, 3.05) is 6.54 Å². The van der Waals surface area contributed by atoms with E-state index in [2.05, 4.69) is 46.7 Å². The van der Waals surface area contributed by atoms with E-state index >= 15 is 0 Å². The molecule has 1 unspecified atom stereocenters. The maximum absolute atomic E-state index is 11.3. The summed E-state index contributed by atoms with van der Waals surface area (Å²) in [5.41, 5.74) is 3.83. The number of aryl methyl sites for hydroxylation is 2. The van der Waals surface area contributed by atoms with Gasteiger partial charge in [0.15, 0.2) is 0 Å². The lowest BCUT2D eigenvalue weighted by molar-refractivity contribution is 0.486. The molecule has 0 fully saturated rings. The molecule has 0 bridgehead atoms. The molecule has 2 aromatic rings. The third kappa shape index (κ3) is 4.80. The Morgan fingerprint density at radius 1 is 1.26 bits per heavy atom. The van der Waals surface area contributed by atoms with E-state index in [1.165, 1.54) is 27.4 Å². The fourth-order valence-corrected chi connectivity index (χ4v) is 3.92. The van der Waals surface area contributed by atoms with Gasteiger partial charge in [0, 0.05) is 23.2 Å². The Morgan fingerprint density at radius 3 is 2.74 bits per heavy atom. The van der Waals surface area contributed by atoms with Crippen molar-refractivity contribution < 1.29 is 0 Å². The second-order valence-electron chi connectivity index (χ2n) is 5.86. The number of benzene rings is 1. The van der Waals surface area contributed by atoms with Crippen LogP contribution in [0.15, 0.2) is 41.2 Å². The van der Waals surface area contributed by atoms with Crippen LogP contribution in [-0.2, 0) is 6.42 Å². The van der Waals surface area contributed by atoms with Crippen molar-refractivity contribution in [1.82, 2.24) is 10.3 Å². The van der Waals surface area contributed by atoms with Gasteiger partial charge in [-0.15, -0.1) is 12.4 Å². The zero-order valence-corrected chi connectivity index (χ0v) is 14.9. The van der Waals surface area contributed by atoms with Gasteiger partial charge in [-0.25, -0.2) is 0 Å². The SMILES string of the molecule is Cc1[nH]c(=O)sc1CCCC1CC(c2ccccc2)=CCN1.Cl. The van der Waals surface area contributed by atoms with Crippen molar-refractivity contribution in [3.8, 4) is 0 Å². The molecule has 3 rings (SSSR count). The first kappa shape index (κ1) is 18.0. The monoisotopic (exact) mass is 350 g/mol. The largest absolute Gasteiger partial charge is 0.317 e. The van der Waals surface area contributed by atoms with Crippen molar-refractivity contribution in [1.29, 1.82) is 0 Å². The fraction of sp³-hybridized carbons (Fsp3) is 0.389. The van der Waals surface area contributed by atoms with Gasteiger partial charge in [0.2, 0.25) is 0 Å². The molecule has 3 nitrogen and oxygen atoms in total. The maximum atomic E-state index is 11.3. The molecule has 1 aliphatic rings. The summed E-state index contributed by atoms with van der Waals surface area (Å²) in [4.78, 5) is 15.5. The van der Waals surface area contributed by atoms with Gasteiger partial charge in [0.05, 0.1) is 0 Å². The molecule has 1 atom stereocenters. The van der Waals surface area contributed by atoms with Gasteiger partial charge in [0.1, 0.15) is 0 Å². The van der Waals surface area contributed by atoms with Crippen LogP contribution < -0.4 is 10.2 Å². The summed E-state index contributed by atoms with van der Waals surface area (Å²) >= 11 is 1.36. The molecule has 0 spiro atoms. The van der Waals surface area contributed by atoms with Crippen LogP contribution in [0.25, 0.3) is 5.57 Å². The smallest absolute Gasteiger partial charge is 0.304 e. The number of hydrogen-bond donors (Lipinski definition) is 2. The summed E-state index contributed by atoms with van der Waals surface area (Å²) in [7, 11) is 0. The van der Waals surface area contributed by atoms with Crippen LogP contribution in [0.4, 0.5) is 0 Å². The average Bonchev–Trinajstić information content (AvgIpc) is 2.86. The van der Waals surface area contributed by atoms with Crippen molar-refractivity contribution in [3.05, 3.63) is 62.2 Å². The Balaban J connectivity index is 0.00000192. The Bertz CT molecular complexity index is 705. The second kappa shape index (κ2) is 8.48. The van der Waals surface area contributed by atoms with Crippen LogP contribution in [0.2, 0.25) is 0 Å². The Morgan fingerprint density at radius 2 is 2.04 bits per heavy atom. The zero-order valence-electron chi connectivity index (χ0n) is 13.3. The molecule has 1 aliphatic heterocycles. The summed E-state index contributed by atoms with van der Waals surface area (Å²) in [5.74, 6) is 0. The highest BCUT2D eigenvalue weighted by molar-refractivity contribution is 7.09. The van der Waals surface area contributed by atoms with E-state index in [1.54, 1.807) is 0 Å². The van der Waals surface area contributed by atoms with E-state index in [0.29, 0.717) is 6.04 Å². The number of rotatable bonds is 5. The molecule has 0 radical (unpaired) electrons. The quantitative estimate of drug-likeness (QED) is 0.858. The lowest BCUT2D eigenvalue weighted by atomic mass is 9.93. The first-order valence-electron chi connectivity index (χ1n) is 7.89. The van der Waals surface area contributed by atoms with E-state index in [9.17, 15) is 4.79 Å². The highest BCUT2D eigenvalue weighted by Gasteiger charge is 2.16. The standard InChI is InChI=1S/C18H22N2OS.ClH/c1-13-17(22-18(21)20-13)9-5-8-16-12-15(10-11-19-16)14-6-3-2-4-7-14;/h2-4,6-7,10,16,19H,5,8-9,11-12H2,1H3,(H,20,21);1H.